The highest BCUT2D eigenvalue weighted by molar-refractivity contribution is 7.80. The number of hydrogen-bond donors (Lipinski definition) is 2. The maximum absolute atomic E-state index is 12.9. The lowest BCUT2D eigenvalue weighted by atomic mass is 10.1. The van der Waals surface area contributed by atoms with Crippen LogP contribution < -0.4 is 10.6 Å². The first kappa shape index (κ1) is 20.2. The Bertz CT molecular complexity index is 1030. The molecular formula is C24H19FN2OS. The normalized spacial score (nSPS) is 10.9. The van der Waals surface area contributed by atoms with Gasteiger partial charge in [0.25, 0.3) is 0 Å². The van der Waals surface area contributed by atoms with Crippen molar-refractivity contribution in [2.24, 2.45) is 0 Å². The Morgan fingerprint density at radius 2 is 1.31 bits per heavy atom. The Hall–Kier alpha value is -3.57. The topological polar surface area (TPSA) is 41.1 Å². The van der Waals surface area contributed by atoms with Crippen LogP contribution in [0.5, 0.6) is 0 Å². The molecule has 1 amide bonds. The van der Waals surface area contributed by atoms with Crippen molar-refractivity contribution in [2.45, 2.75) is 0 Å². The Labute approximate surface area is 174 Å². The fourth-order valence-electron chi connectivity index (χ4n) is 2.50. The van der Waals surface area contributed by atoms with Crippen molar-refractivity contribution in [1.29, 1.82) is 0 Å². The molecule has 3 aromatic carbocycles. The SMILES string of the molecule is O=C(/C=C/c1ccc(F)cc1)NC(=S)Nc1ccc(/C=C/c2ccccc2)cc1. The van der Waals surface area contributed by atoms with E-state index in [-0.39, 0.29) is 16.8 Å². The smallest absolute Gasteiger partial charge is 0.250 e. The van der Waals surface area contributed by atoms with Crippen LogP contribution in [-0.4, -0.2) is 11.0 Å². The van der Waals surface area contributed by atoms with Gasteiger partial charge in [0.05, 0.1) is 0 Å². The molecule has 0 saturated carbocycles. The molecule has 0 aliphatic rings. The predicted octanol–water partition coefficient (Wildman–Crippen LogP) is 5.52. The molecule has 0 unspecified atom stereocenters. The number of nitrogens with one attached hydrogen (secondary N) is 2. The highest BCUT2D eigenvalue weighted by atomic mass is 32.1. The Morgan fingerprint density at radius 3 is 1.97 bits per heavy atom. The van der Waals surface area contributed by atoms with Crippen LogP contribution in [0, 0.1) is 5.82 Å². The van der Waals surface area contributed by atoms with Crippen molar-refractivity contribution in [3.63, 3.8) is 0 Å². The number of anilines is 1. The minimum Gasteiger partial charge on any atom is -0.332 e. The number of rotatable bonds is 5. The second-order valence-corrected chi connectivity index (χ2v) is 6.60. The zero-order chi connectivity index (χ0) is 20.5. The summed E-state index contributed by atoms with van der Waals surface area (Å²) in [6.45, 7) is 0. The van der Waals surface area contributed by atoms with Crippen molar-refractivity contribution in [1.82, 2.24) is 5.32 Å². The Kier molecular flexibility index (Phi) is 7.03. The van der Waals surface area contributed by atoms with Crippen molar-refractivity contribution >= 4 is 47.2 Å². The van der Waals surface area contributed by atoms with Gasteiger partial charge in [0.2, 0.25) is 5.91 Å². The second-order valence-electron chi connectivity index (χ2n) is 6.19. The van der Waals surface area contributed by atoms with E-state index < -0.39 is 0 Å². The summed E-state index contributed by atoms with van der Waals surface area (Å²) in [5.74, 6) is -0.687. The Balaban J connectivity index is 1.50. The van der Waals surface area contributed by atoms with Crippen LogP contribution in [0.15, 0.2) is 84.9 Å². The van der Waals surface area contributed by atoms with Gasteiger partial charge < -0.3 is 5.32 Å². The van der Waals surface area contributed by atoms with Gasteiger partial charge in [-0.1, -0.05) is 66.7 Å². The molecule has 0 fully saturated rings. The Morgan fingerprint density at radius 1 is 0.759 bits per heavy atom. The molecule has 0 aromatic heterocycles. The largest absolute Gasteiger partial charge is 0.332 e. The lowest BCUT2D eigenvalue weighted by molar-refractivity contribution is -0.115. The van der Waals surface area contributed by atoms with E-state index in [9.17, 15) is 9.18 Å². The van der Waals surface area contributed by atoms with Gasteiger partial charge in [0.1, 0.15) is 5.82 Å². The lowest BCUT2D eigenvalue weighted by Crippen LogP contribution is -2.32. The molecule has 0 aliphatic heterocycles. The molecule has 0 spiro atoms. The third-order valence-corrected chi connectivity index (χ3v) is 4.17. The van der Waals surface area contributed by atoms with Gasteiger partial charge in [-0.15, -0.1) is 0 Å². The van der Waals surface area contributed by atoms with Gasteiger partial charge in [-0.25, -0.2) is 4.39 Å². The zero-order valence-corrected chi connectivity index (χ0v) is 16.3. The summed E-state index contributed by atoms with van der Waals surface area (Å²) in [5, 5.41) is 5.75. The first-order valence-corrected chi connectivity index (χ1v) is 9.38. The van der Waals surface area contributed by atoms with Crippen LogP contribution in [0.4, 0.5) is 10.1 Å². The van der Waals surface area contributed by atoms with E-state index >= 15 is 0 Å². The molecule has 3 nitrogen and oxygen atoms in total. The van der Waals surface area contributed by atoms with Crippen LogP contribution in [-0.2, 0) is 4.79 Å². The molecule has 2 N–H and O–H groups in total. The summed E-state index contributed by atoms with van der Waals surface area (Å²) in [5.41, 5.74) is 3.68. The maximum Gasteiger partial charge on any atom is 0.250 e. The molecule has 29 heavy (non-hydrogen) atoms. The molecule has 0 heterocycles. The number of amides is 1. The van der Waals surface area contributed by atoms with Crippen LogP contribution in [0.2, 0.25) is 0 Å². The van der Waals surface area contributed by atoms with Crippen molar-refractivity contribution < 1.29 is 9.18 Å². The maximum atomic E-state index is 12.9. The summed E-state index contributed by atoms with van der Waals surface area (Å²) in [6.07, 6.45) is 7.00. The average molecular weight is 402 g/mol. The van der Waals surface area contributed by atoms with Gasteiger partial charge >= 0.3 is 0 Å². The zero-order valence-electron chi connectivity index (χ0n) is 15.5. The third kappa shape index (κ3) is 6.83. The lowest BCUT2D eigenvalue weighted by Gasteiger charge is -2.08. The monoisotopic (exact) mass is 402 g/mol. The molecule has 3 aromatic rings. The van der Waals surface area contributed by atoms with Crippen LogP contribution in [0.25, 0.3) is 18.2 Å². The number of carbonyl (C=O) groups is 1. The summed E-state index contributed by atoms with van der Waals surface area (Å²) in [4.78, 5) is 11.9. The number of hydrogen-bond acceptors (Lipinski definition) is 2. The quantitative estimate of drug-likeness (QED) is 0.335. The first-order chi connectivity index (χ1) is 14.1. The molecule has 0 radical (unpaired) electrons. The predicted molar refractivity (Wildman–Crippen MR) is 122 cm³/mol. The van der Waals surface area contributed by atoms with Gasteiger partial charge in [-0.2, -0.15) is 0 Å². The summed E-state index contributed by atoms with van der Waals surface area (Å²) >= 11 is 5.17. The van der Waals surface area contributed by atoms with Gasteiger partial charge in [0, 0.05) is 11.8 Å². The molecule has 0 bridgehead atoms. The van der Waals surface area contributed by atoms with E-state index in [0.717, 1.165) is 22.4 Å². The van der Waals surface area contributed by atoms with Crippen molar-refractivity contribution in [3.05, 3.63) is 107 Å². The first-order valence-electron chi connectivity index (χ1n) is 8.97. The summed E-state index contributed by atoms with van der Waals surface area (Å²) < 4.78 is 12.9. The highest BCUT2D eigenvalue weighted by Crippen LogP contribution is 2.13. The molecule has 0 saturated heterocycles. The van der Waals surface area contributed by atoms with E-state index in [1.165, 1.54) is 18.2 Å². The fraction of sp³-hybridized carbons (Fsp3) is 0. The third-order valence-electron chi connectivity index (χ3n) is 3.97. The standard InChI is InChI=1S/C24H19FN2OS/c25-21-13-8-20(9-14-21)12-17-23(28)27-24(29)26-22-15-10-19(11-16-22)7-6-18-4-2-1-3-5-18/h1-17H,(H2,26,27,28,29)/b7-6+,17-12+. The second kappa shape index (κ2) is 10.1. The molecular weight excluding hydrogens is 383 g/mol. The van der Waals surface area contributed by atoms with Crippen LogP contribution >= 0.6 is 12.2 Å². The van der Waals surface area contributed by atoms with Crippen LogP contribution in [0.1, 0.15) is 16.7 Å². The van der Waals surface area contributed by atoms with E-state index in [1.54, 1.807) is 18.2 Å². The van der Waals surface area contributed by atoms with Gasteiger partial charge in [-0.05, 0) is 59.2 Å². The van der Waals surface area contributed by atoms with Gasteiger partial charge in [0.15, 0.2) is 5.11 Å². The van der Waals surface area contributed by atoms with Crippen molar-refractivity contribution in [3.8, 4) is 0 Å². The minimum atomic E-state index is -0.366. The van der Waals surface area contributed by atoms with E-state index in [1.807, 2.05) is 66.7 Å². The van der Waals surface area contributed by atoms with E-state index in [2.05, 4.69) is 10.6 Å². The number of halogens is 1. The number of carbonyl (C=O) groups excluding carboxylic acids is 1. The average Bonchev–Trinajstić information content (AvgIpc) is 2.73. The summed E-state index contributed by atoms with van der Waals surface area (Å²) in [7, 11) is 0. The number of benzene rings is 3. The molecule has 3 rings (SSSR count). The molecule has 0 atom stereocenters. The van der Waals surface area contributed by atoms with E-state index in [0.29, 0.717) is 0 Å². The van der Waals surface area contributed by atoms with Gasteiger partial charge in [-0.3, -0.25) is 10.1 Å². The van der Waals surface area contributed by atoms with Crippen LogP contribution in [0.3, 0.4) is 0 Å². The van der Waals surface area contributed by atoms with Crippen molar-refractivity contribution in [2.75, 3.05) is 5.32 Å². The molecule has 0 aliphatic carbocycles. The number of thiocarbonyl (C=S) groups is 1. The summed E-state index contributed by atoms with van der Waals surface area (Å²) in [6, 6.07) is 23.6. The molecule has 144 valence electrons. The fourth-order valence-corrected chi connectivity index (χ4v) is 2.71. The molecule has 5 heteroatoms. The van der Waals surface area contributed by atoms with E-state index in [4.69, 9.17) is 12.2 Å². The highest BCUT2D eigenvalue weighted by Gasteiger charge is 2.02. The minimum absolute atomic E-state index is 0.200.